The van der Waals surface area contributed by atoms with Gasteiger partial charge in [0.25, 0.3) is 0 Å². The number of carbonyl (C=O) groups excluding carboxylic acids is 1. The first-order valence-electron chi connectivity index (χ1n) is 7.69. The van der Waals surface area contributed by atoms with Gasteiger partial charge in [-0.3, -0.25) is 4.79 Å². The molecule has 2 aliphatic heterocycles. The summed E-state index contributed by atoms with van der Waals surface area (Å²) in [7, 11) is -2.87. The molecular weight excluding hydrogens is 276 g/mol. The second kappa shape index (κ2) is 6.89. The summed E-state index contributed by atoms with van der Waals surface area (Å²) in [5.74, 6) is 1.33. The van der Waals surface area contributed by atoms with Crippen molar-refractivity contribution in [3.63, 3.8) is 0 Å². The van der Waals surface area contributed by atoms with Crippen molar-refractivity contribution in [1.82, 2.24) is 10.2 Å². The first kappa shape index (κ1) is 15.8. The summed E-state index contributed by atoms with van der Waals surface area (Å²) in [6.07, 6.45) is 3.19. The van der Waals surface area contributed by atoms with Crippen molar-refractivity contribution in [3.05, 3.63) is 0 Å². The Kier molecular flexibility index (Phi) is 5.43. The number of nitrogens with one attached hydrogen (secondary N) is 1. The van der Waals surface area contributed by atoms with Crippen molar-refractivity contribution in [3.8, 4) is 0 Å². The smallest absolute Gasteiger partial charge is 0.222 e. The Balaban J connectivity index is 1.72. The average Bonchev–Trinajstić information content (AvgIpc) is 2.76. The van der Waals surface area contributed by atoms with E-state index in [2.05, 4.69) is 12.2 Å². The number of amides is 1. The molecule has 2 rings (SSSR count). The fourth-order valence-corrected chi connectivity index (χ4v) is 5.01. The molecule has 1 amide bonds. The molecule has 0 aromatic heterocycles. The Hall–Kier alpha value is -0.620. The largest absolute Gasteiger partial charge is 0.343 e. The predicted molar refractivity (Wildman–Crippen MR) is 79.2 cm³/mol. The molecule has 5 nitrogen and oxygen atoms in total. The van der Waals surface area contributed by atoms with Gasteiger partial charge in [-0.2, -0.15) is 0 Å². The van der Waals surface area contributed by atoms with Gasteiger partial charge in [-0.1, -0.05) is 6.92 Å². The number of hydrogen-bond donors (Lipinski definition) is 1. The lowest BCUT2D eigenvalue weighted by molar-refractivity contribution is -0.133. The van der Waals surface area contributed by atoms with Crippen LogP contribution >= 0.6 is 0 Å². The summed E-state index contributed by atoms with van der Waals surface area (Å²) in [6, 6.07) is 0. The summed E-state index contributed by atoms with van der Waals surface area (Å²) in [5, 5.41) is 3.36. The van der Waals surface area contributed by atoms with Gasteiger partial charge in [0.2, 0.25) is 5.91 Å². The van der Waals surface area contributed by atoms with Gasteiger partial charge in [0, 0.05) is 19.5 Å². The summed E-state index contributed by atoms with van der Waals surface area (Å²) < 4.78 is 22.8. The molecule has 0 saturated carbocycles. The third-order valence-electron chi connectivity index (χ3n) is 4.44. The SMILES string of the molecule is CCNCC1CCN(C(=O)CC2CCS(=O)(=O)C2)CC1. The molecule has 1 atom stereocenters. The number of piperidine rings is 1. The molecule has 0 radical (unpaired) electrons. The topological polar surface area (TPSA) is 66.5 Å². The molecule has 0 bridgehead atoms. The molecule has 20 heavy (non-hydrogen) atoms. The van der Waals surface area contributed by atoms with Crippen LogP contribution in [0.2, 0.25) is 0 Å². The van der Waals surface area contributed by atoms with Crippen LogP contribution in [-0.2, 0) is 14.6 Å². The minimum absolute atomic E-state index is 0.0481. The zero-order valence-electron chi connectivity index (χ0n) is 12.3. The van der Waals surface area contributed by atoms with Gasteiger partial charge in [-0.05, 0) is 44.2 Å². The van der Waals surface area contributed by atoms with Crippen molar-refractivity contribution in [1.29, 1.82) is 0 Å². The summed E-state index contributed by atoms with van der Waals surface area (Å²) >= 11 is 0. The Bertz CT molecular complexity index is 428. The quantitative estimate of drug-likeness (QED) is 0.810. The van der Waals surface area contributed by atoms with Gasteiger partial charge >= 0.3 is 0 Å². The maximum Gasteiger partial charge on any atom is 0.222 e. The van der Waals surface area contributed by atoms with Crippen molar-refractivity contribution < 1.29 is 13.2 Å². The highest BCUT2D eigenvalue weighted by Gasteiger charge is 2.31. The van der Waals surface area contributed by atoms with E-state index < -0.39 is 9.84 Å². The average molecular weight is 302 g/mol. The lowest BCUT2D eigenvalue weighted by Crippen LogP contribution is -2.41. The number of sulfone groups is 1. The maximum absolute atomic E-state index is 12.2. The zero-order valence-corrected chi connectivity index (χ0v) is 13.1. The fraction of sp³-hybridized carbons (Fsp3) is 0.929. The maximum atomic E-state index is 12.2. The highest BCUT2D eigenvalue weighted by Crippen LogP contribution is 2.24. The van der Waals surface area contributed by atoms with Gasteiger partial charge in [0.15, 0.2) is 9.84 Å². The third-order valence-corrected chi connectivity index (χ3v) is 6.28. The zero-order chi connectivity index (χ0) is 14.6. The van der Waals surface area contributed by atoms with Crippen molar-refractivity contribution in [2.24, 2.45) is 11.8 Å². The van der Waals surface area contributed by atoms with E-state index in [-0.39, 0.29) is 23.3 Å². The molecule has 0 aliphatic carbocycles. The highest BCUT2D eigenvalue weighted by molar-refractivity contribution is 7.91. The molecule has 0 spiro atoms. The van der Waals surface area contributed by atoms with E-state index in [1.54, 1.807) is 0 Å². The molecule has 1 N–H and O–H groups in total. The van der Waals surface area contributed by atoms with Crippen LogP contribution in [0.5, 0.6) is 0 Å². The molecule has 6 heteroatoms. The van der Waals surface area contributed by atoms with Crippen molar-refractivity contribution in [2.75, 3.05) is 37.7 Å². The molecule has 2 saturated heterocycles. The molecule has 0 aromatic carbocycles. The third kappa shape index (κ3) is 4.45. The van der Waals surface area contributed by atoms with Gasteiger partial charge in [0.05, 0.1) is 11.5 Å². The number of rotatable bonds is 5. The van der Waals surface area contributed by atoms with Gasteiger partial charge in [-0.25, -0.2) is 8.42 Å². The van der Waals surface area contributed by atoms with E-state index >= 15 is 0 Å². The van der Waals surface area contributed by atoms with Crippen LogP contribution in [0.15, 0.2) is 0 Å². The predicted octanol–water partition coefficient (Wildman–Crippen LogP) is 0.659. The Morgan fingerprint density at radius 3 is 2.45 bits per heavy atom. The first-order chi connectivity index (χ1) is 9.50. The Labute approximate surface area is 122 Å². The monoisotopic (exact) mass is 302 g/mol. The number of hydrogen-bond acceptors (Lipinski definition) is 4. The Morgan fingerprint density at radius 1 is 1.20 bits per heavy atom. The van der Waals surface area contributed by atoms with Crippen LogP contribution in [0.4, 0.5) is 0 Å². The van der Waals surface area contributed by atoms with Gasteiger partial charge < -0.3 is 10.2 Å². The highest BCUT2D eigenvalue weighted by atomic mass is 32.2. The summed E-state index contributed by atoms with van der Waals surface area (Å²) in [5.41, 5.74) is 0. The minimum Gasteiger partial charge on any atom is -0.343 e. The molecular formula is C14H26N2O3S. The summed E-state index contributed by atoms with van der Waals surface area (Å²) in [6.45, 7) is 5.80. The molecule has 1 unspecified atom stereocenters. The standard InChI is InChI=1S/C14H26N2O3S/c1-2-15-10-12-3-6-16(7-4-12)14(17)9-13-5-8-20(18,19)11-13/h12-13,15H,2-11H2,1H3. The van der Waals surface area contributed by atoms with E-state index in [0.29, 0.717) is 18.8 Å². The number of carbonyl (C=O) groups is 1. The van der Waals surface area contributed by atoms with E-state index in [1.165, 1.54) is 0 Å². The van der Waals surface area contributed by atoms with Gasteiger partial charge in [-0.15, -0.1) is 0 Å². The van der Waals surface area contributed by atoms with Crippen LogP contribution in [-0.4, -0.2) is 56.9 Å². The van der Waals surface area contributed by atoms with E-state index in [0.717, 1.165) is 39.0 Å². The summed E-state index contributed by atoms with van der Waals surface area (Å²) in [4.78, 5) is 14.1. The molecule has 2 aliphatic rings. The number of nitrogens with zero attached hydrogens (tertiary/aromatic N) is 1. The van der Waals surface area contributed by atoms with E-state index in [4.69, 9.17) is 0 Å². The second-order valence-corrected chi connectivity index (χ2v) is 8.33. The molecule has 0 aromatic rings. The molecule has 116 valence electrons. The Morgan fingerprint density at radius 2 is 1.90 bits per heavy atom. The fourth-order valence-electron chi connectivity index (χ4n) is 3.14. The lowest BCUT2D eigenvalue weighted by atomic mass is 9.95. The molecule has 2 heterocycles. The van der Waals surface area contributed by atoms with E-state index in [1.807, 2.05) is 4.90 Å². The second-order valence-electron chi connectivity index (χ2n) is 6.11. The van der Waals surface area contributed by atoms with Crippen LogP contribution in [0.3, 0.4) is 0 Å². The minimum atomic E-state index is -2.87. The number of likely N-dealkylation sites (tertiary alicyclic amines) is 1. The van der Waals surface area contributed by atoms with Crippen molar-refractivity contribution >= 4 is 15.7 Å². The normalized spacial score (nSPS) is 26.9. The van der Waals surface area contributed by atoms with E-state index in [9.17, 15) is 13.2 Å². The molecule has 2 fully saturated rings. The van der Waals surface area contributed by atoms with Crippen molar-refractivity contribution in [2.45, 2.75) is 32.6 Å². The van der Waals surface area contributed by atoms with Crippen LogP contribution < -0.4 is 5.32 Å². The first-order valence-corrected chi connectivity index (χ1v) is 9.51. The van der Waals surface area contributed by atoms with Gasteiger partial charge in [0.1, 0.15) is 0 Å². The van der Waals surface area contributed by atoms with Crippen LogP contribution in [0.25, 0.3) is 0 Å². The van der Waals surface area contributed by atoms with Crippen LogP contribution in [0.1, 0.15) is 32.6 Å². The van der Waals surface area contributed by atoms with Crippen LogP contribution in [0, 0.1) is 11.8 Å². The lowest BCUT2D eigenvalue weighted by Gasteiger charge is -2.32.